The number of aromatic nitrogens is 1. The zero-order valence-electron chi connectivity index (χ0n) is 20.2. The number of rotatable bonds is 12. The molecule has 2 rings (SSSR count). The molecule has 1 aromatic heterocycles. The van der Waals surface area contributed by atoms with E-state index in [9.17, 15) is 14.7 Å². The molecule has 0 saturated heterocycles. The van der Waals surface area contributed by atoms with Crippen molar-refractivity contribution < 1.29 is 19.4 Å². The molecule has 2 amide bonds. The number of nitrogens with one attached hydrogen (secondary N) is 2. The first-order valence-electron chi connectivity index (χ1n) is 11.7. The van der Waals surface area contributed by atoms with Crippen molar-refractivity contribution in [3.63, 3.8) is 0 Å². The Labute approximate surface area is 210 Å². The number of alkyl carbamates (subject to hydrolysis) is 1. The molecule has 3 N–H and O–H groups in total. The van der Waals surface area contributed by atoms with Gasteiger partial charge in [-0.15, -0.1) is 11.3 Å². The number of aliphatic hydroxyl groups is 1. The number of hydrogen-bond donors (Lipinski definition) is 3. The van der Waals surface area contributed by atoms with Gasteiger partial charge in [0.1, 0.15) is 16.0 Å². The van der Waals surface area contributed by atoms with Crippen LogP contribution in [0.5, 0.6) is 0 Å². The van der Waals surface area contributed by atoms with Crippen LogP contribution in [0.4, 0.5) is 4.79 Å². The molecule has 1 aliphatic rings. The zero-order valence-corrected chi connectivity index (χ0v) is 22.6. The summed E-state index contributed by atoms with van der Waals surface area (Å²) in [6.45, 7) is 5.36. The fraction of sp³-hybridized carbons (Fsp3) is 0.783. The van der Waals surface area contributed by atoms with E-state index in [1.54, 1.807) is 50.1 Å². The average molecular weight is 518 g/mol. The maximum atomic E-state index is 13.1. The summed E-state index contributed by atoms with van der Waals surface area (Å²) in [6.07, 6.45) is 9.67. The summed E-state index contributed by atoms with van der Waals surface area (Å²) in [5.41, 5.74) is -0.640. The maximum Gasteiger partial charge on any atom is 0.408 e. The van der Waals surface area contributed by atoms with Gasteiger partial charge in [0.15, 0.2) is 0 Å². The fourth-order valence-electron chi connectivity index (χ4n) is 3.93. The number of hydrogen-bond acceptors (Lipinski definition) is 8. The van der Waals surface area contributed by atoms with E-state index in [2.05, 4.69) is 15.6 Å². The Morgan fingerprint density at radius 3 is 2.61 bits per heavy atom. The molecule has 7 nitrogen and oxygen atoms in total. The maximum absolute atomic E-state index is 13.1. The molecule has 188 valence electrons. The lowest BCUT2D eigenvalue weighted by Crippen LogP contribution is -2.54. The van der Waals surface area contributed by atoms with Crippen LogP contribution in [-0.2, 0) is 9.53 Å². The summed E-state index contributed by atoms with van der Waals surface area (Å²) in [5.74, 6) is 1.39. The Bertz CT molecular complexity index is 706. The predicted octanol–water partition coefficient (Wildman–Crippen LogP) is 4.70. The molecule has 1 aliphatic carbocycles. The molecular weight excluding hydrogens is 478 g/mol. The number of thiazole rings is 1. The van der Waals surface area contributed by atoms with Crippen LogP contribution in [0.25, 0.3) is 0 Å². The van der Waals surface area contributed by atoms with E-state index in [1.165, 1.54) is 31.0 Å². The van der Waals surface area contributed by atoms with E-state index in [4.69, 9.17) is 4.74 Å². The molecule has 10 heteroatoms. The van der Waals surface area contributed by atoms with E-state index in [0.29, 0.717) is 18.1 Å². The van der Waals surface area contributed by atoms with Crippen molar-refractivity contribution >= 4 is 46.9 Å². The Balaban J connectivity index is 1.99. The van der Waals surface area contributed by atoms with Crippen molar-refractivity contribution in [1.82, 2.24) is 15.6 Å². The van der Waals surface area contributed by atoms with Gasteiger partial charge in [0, 0.05) is 23.1 Å². The van der Waals surface area contributed by atoms with Crippen molar-refractivity contribution in [2.75, 3.05) is 17.8 Å². The van der Waals surface area contributed by atoms with Gasteiger partial charge in [-0.1, -0.05) is 43.9 Å². The van der Waals surface area contributed by atoms with Crippen LogP contribution in [0, 0.1) is 5.92 Å². The molecule has 1 saturated carbocycles. The third kappa shape index (κ3) is 11.3. The number of amides is 2. The molecule has 1 aromatic rings. The van der Waals surface area contributed by atoms with Crippen molar-refractivity contribution in [3.8, 4) is 0 Å². The second kappa shape index (κ2) is 14.4. The van der Waals surface area contributed by atoms with Gasteiger partial charge >= 0.3 is 6.09 Å². The zero-order chi connectivity index (χ0) is 24.3. The monoisotopic (exact) mass is 517 g/mol. The van der Waals surface area contributed by atoms with Crippen LogP contribution < -0.4 is 10.6 Å². The molecule has 33 heavy (non-hydrogen) atoms. The summed E-state index contributed by atoms with van der Waals surface area (Å²) in [5, 5.41) is 18.7. The Kier molecular flexibility index (Phi) is 12.4. The first-order valence-corrected chi connectivity index (χ1v) is 14.9. The average Bonchev–Trinajstić information content (AvgIpc) is 3.25. The quantitative estimate of drug-likeness (QED) is 0.346. The number of nitrogens with zero attached hydrogens (tertiary/aromatic N) is 1. The molecule has 1 heterocycles. The van der Waals surface area contributed by atoms with Crippen LogP contribution in [0.1, 0.15) is 65.7 Å². The summed E-state index contributed by atoms with van der Waals surface area (Å²) >= 11 is 4.69. The molecule has 1 fully saturated rings. The van der Waals surface area contributed by atoms with Crippen molar-refractivity contribution in [1.29, 1.82) is 0 Å². The highest BCUT2D eigenvalue weighted by Gasteiger charge is 2.30. The van der Waals surface area contributed by atoms with Crippen molar-refractivity contribution in [2.24, 2.45) is 5.92 Å². The smallest absolute Gasteiger partial charge is 0.408 e. The molecule has 0 spiro atoms. The first-order chi connectivity index (χ1) is 15.7. The number of ether oxygens (including phenoxy) is 1. The van der Waals surface area contributed by atoms with Crippen molar-refractivity contribution in [3.05, 3.63) is 11.6 Å². The van der Waals surface area contributed by atoms with Gasteiger partial charge in [0.25, 0.3) is 0 Å². The van der Waals surface area contributed by atoms with E-state index < -0.39 is 23.8 Å². The van der Waals surface area contributed by atoms with Crippen LogP contribution in [0.2, 0.25) is 0 Å². The predicted molar refractivity (Wildman–Crippen MR) is 138 cm³/mol. The topological polar surface area (TPSA) is 101 Å². The molecule has 3 atom stereocenters. The number of carbonyl (C=O) groups excluding carboxylic acids is 2. The van der Waals surface area contributed by atoms with Gasteiger partial charge in [-0.25, -0.2) is 9.78 Å². The minimum Gasteiger partial charge on any atom is -0.444 e. The summed E-state index contributed by atoms with van der Waals surface area (Å²) in [7, 11) is 0. The van der Waals surface area contributed by atoms with Gasteiger partial charge in [-0.2, -0.15) is 11.8 Å². The third-order valence-electron chi connectivity index (χ3n) is 5.49. The lowest BCUT2D eigenvalue weighted by atomic mass is 9.83. The van der Waals surface area contributed by atoms with Crippen LogP contribution in [0.15, 0.2) is 15.9 Å². The summed E-state index contributed by atoms with van der Waals surface area (Å²) in [6, 6.07) is -1.07. The minimum absolute atomic E-state index is 0.275. The van der Waals surface area contributed by atoms with Gasteiger partial charge in [-0.3, -0.25) is 4.79 Å². The highest BCUT2D eigenvalue weighted by molar-refractivity contribution is 8.01. The molecule has 0 radical (unpaired) electrons. The highest BCUT2D eigenvalue weighted by Crippen LogP contribution is 2.29. The van der Waals surface area contributed by atoms with Crippen LogP contribution in [0.3, 0.4) is 0 Å². The van der Waals surface area contributed by atoms with Gasteiger partial charge in [-0.05, 0) is 45.8 Å². The standard InChI is InChI=1S/C23H39N3O4S3/c1-23(2,3)30-21(29)26-18(15-31-4)20(28)25-17(14-16-8-6-5-7-9-16)19(27)10-12-32-22-24-11-13-33-22/h11,13,16-19,27H,5-10,12,14-15H2,1-4H3,(H,25,28)(H,26,29)/t17-,18-,19-/m0/s1. The minimum atomic E-state index is -0.722. The van der Waals surface area contributed by atoms with Crippen LogP contribution in [-0.4, -0.2) is 63.6 Å². The molecule has 0 aliphatic heterocycles. The molecular formula is C23H39N3O4S3. The van der Waals surface area contributed by atoms with E-state index >= 15 is 0 Å². The highest BCUT2D eigenvalue weighted by atomic mass is 32.2. The number of thioether (sulfide) groups is 2. The van der Waals surface area contributed by atoms with E-state index in [0.717, 1.165) is 29.4 Å². The number of carbonyl (C=O) groups is 2. The van der Waals surface area contributed by atoms with Crippen molar-refractivity contribution in [2.45, 2.75) is 93.8 Å². The summed E-state index contributed by atoms with van der Waals surface area (Å²) in [4.78, 5) is 29.7. The Hall–Kier alpha value is -0.970. The second-order valence-electron chi connectivity index (χ2n) is 9.51. The van der Waals surface area contributed by atoms with Gasteiger partial charge < -0.3 is 20.5 Å². The Morgan fingerprint density at radius 2 is 2.00 bits per heavy atom. The molecule has 0 bridgehead atoms. The van der Waals surface area contributed by atoms with E-state index in [1.807, 2.05) is 11.6 Å². The SMILES string of the molecule is CSC[C@H](NC(=O)OC(C)(C)C)C(=O)N[C@@H](CC1CCCCC1)[C@@H](O)CCSc1nccs1. The fourth-order valence-corrected chi connectivity index (χ4v) is 6.21. The summed E-state index contributed by atoms with van der Waals surface area (Å²) < 4.78 is 6.31. The van der Waals surface area contributed by atoms with Gasteiger partial charge in [0.2, 0.25) is 5.91 Å². The van der Waals surface area contributed by atoms with E-state index in [-0.39, 0.29) is 11.9 Å². The van der Waals surface area contributed by atoms with Crippen LogP contribution >= 0.6 is 34.9 Å². The number of aliphatic hydroxyl groups excluding tert-OH is 1. The lowest BCUT2D eigenvalue weighted by molar-refractivity contribution is -0.124. The molecule has 0 aromatic carbocycles. The second-order valence-corrected chi connectivity index (χ2v) is 12.7. The Morgan fingerprint density at radius 1 is 1.27 bits per heavy atom. The lowest BCUT2D eigenvalue weighted by Gasteiger charge is -2.31. The normalized spacial score (nSPS) is 17.7. The van der Waals surface area contributed by atoms with Gasteiger partial charge in [0.05, 0.1) is 12.1 Å². The molecule has 0 unspecified atom stereocenters. The third-order valence-corrected chi connectivity index (χ3v) is 8.16. The largest absolute Gasteiger partial charge is 0.444 e. The first kappa shape index (κ1) is 28.3.